The molecular formula is C29H36N2O11. The number of carboxylic acid groups (broad SMARTS) is 1. The monoisotopic (exact) mass is 588 g/mol. The van der Waals surface area contributed by atoms with Crippen LogP contribution in [0.1, 0.15) is 55.7 Å². The zero-order chi connectivity index (χ0) is 30.4. The van der Waals surface area contributed by atoms with E-state index in [0.717, 1.165) is 31.0 Å². The van der Waals surface area contributed by atoms with Crippen LogP contribution >= 0.6 is 0 Å². The second-order valence-electron chi connectivity index (χ2n) is 11.4. The first-order chi connectivity index (χ1) is 20.0. The molecule has 5 rings (SSSR count). The Balaban J connectivity index is 1.45. The molecule has 42 heavy (non-hydrogen) atoms. The molecule has 13 nitrogen and oxygen atoms in total. The summed E-state index contributed by atoms with van der Waals surface area (Å²) in [5.41, 5.74) is 5.57. The van der Waals surface area contributed by atoms with Gasteiger partial charge in [0.2, 0.25) is 6.10 Å². The molecule has 2 bridgehead atoms. The fraction of sp³-hybridized carbons (Fsp3) is 0.586. The van der Waals surface area contributed by atoms with Gasteiger partial charge in [-0.3, -0.25) is 9.59 Å². The number of nitrogens with two attached hydrogens (primary N) is 1. The van der Waals surface area contributed by atoms with Crippen molar-refractivity contribution in [2.45, 2.75) is 87.4 Å². The maximum absolute atomic E-state index is 13.2. The number of ether oxygens (including phenoxy) is 4. The standard InChI is InChI=1S/C29H36N2O11/c1-15(26(35)36)39-27(37)19(41-21(33)7-10-30)13-22(34)40-18-6-9-29(38)20-12-16-4-5-17(14-32)24-23(16)28(29,25(18)42-24)8-3-11-31(20)2/h4-6,15,19-20,25,32,38H,3,7-14,30H2,1-2H3,(H,35,36)/t15-,19-,20+,25-,28-,29+/m0/s1. The highest BCUT2D eigenvalue weighted by Crippen LogP contribution is 2.64. The first-order valence-corrected chi connectivity index (χ1v) is 14.1. The van der Waals surface area contributed by atoms with Crippen LogP contribution in [0.25, 0.3) is 0 Å². The molecule has 1 saturated heterocycles. The maximum Gasteiger partial charge on any atom is 0.348 e. The largest absolute Gasteiger partial charge is 0.481 e. The van der Waals surface area contributed by atoms with E-state index < -0.39 is 59.6 Å². The number of carboxylic acids is 1. The summed E-state index contributed by atoms with van der Waals surface area (Å²) in [6.45, 7) is 1.52. The molecule has 0 unspecified atom stereocenters. The Labute approximate surface area is 242 Å². The molecule has 5 N–H and O–H groups in total. The number of aliphatic carboxylic acids is 1. The molecule has 2 aliphatic heterocycles. The Kier molecular flexibility index (Phi) is 8.05. The molecule has 1 aromatic rings. The van der Waals surface area contributed by atoms with Crippen molar-refractivity contribution in [2.75, 3.05) is 20.1 Å². The third-order valence-electron chi connectivity index (χ3n) is 8.96. The predicted molar refractivity (Wildman–Crippen MR) is 143 cm³/mol. The van der Waals surface area contributed by atoms with Crippen molar-refractivity contribution >= 4 is 23.9 Å². The van der Waals surface area contributed by atoms with E-state index in [0.29, 0.717) is 24.2 Å². The lowest BCUT2D eigenvalue weighted by molar-refractivity contribution is -0.178. The number of likely N-dealkylation sites (tertiary alicyclic amines) is 1. The van der Waals surface area contributed by atoms with Gasteiger partial charge in [0, 0.05) is 30.1 Å². The van der Waals surface area contributed by atoms with E-state index in [1.165, 1.54) is 0 Å². The van der Waals surface area contributed by atoms with E-state index in [9.17, 15) is 29.4 Å². The Morgan fingerprint density at radius 2 is 1.98 bits per heavy atom. The zero-order valence-corrected chi connectivity index (χ0v) is 23.5. The van der Waals surface area contributed by atoms with Crippen molar-refractivity contribution in [1.82, 2.24) is 4.90 Å². The highest BCUT2D eigenvalue weighted by atomic mass is 16.6. The molecule has 0 radical (unpaired) electrons. The summed E-state index contributed by atoms with van der Waals surface area (Å²) in [5, 5.41) is 31.6. The molecule has 1 fully saturated rings. The average molecular weight is 589 g/mol. The molecule has 4 aliphatic rings. The van der Waals surface area contributed by atoms with Crippen LogP contribution in [-0.4, -0.2) is 94.2 Å². The SMILES string of the molecule is C[C@H](OC(=O)[C@H](CC(=O)OC1=CC[C@@]2(O)[C@H]3Cc4ccc(CO)c5c4[C@@]2(CCCN3C)[C@H]1O5)OC(=O)CCN)C(=O)O. The average Bonchev–Trinajstić information content (AvgIpc) is 3.28. The highest BCUT2D eigenvalue weighted by molar-refractivity contribution is 5.86. The second kappa shape index (κ2) is 11.3. The number of esters is 3. The fourth-order valence-corrected chi connectivity index (χ4v) is 7.02. The van der Waals surface area contributed by atoms with Crippen molar-refractivity contribution in [3.8, 4) is 5.75 Å². The third-order valence-corrected chi connectivity index (χ3v) is 8.96. The van der Waals surface area contributed by atoms with E-state index in [2.05, 4.69) is 4.90 Å². The fourth-order valence-electron chi connectivity index (χ4n) is 7.02. The number of likely N-dealkylation sites (N-methyl/N-ethyl adjacent to an activating group) is 1. The number of carbonyl (C=O) groups is 4. The van der Waals surface area contributed by atoms with Crippen LogP contribution in [0.3, 0.4) is 0 Å². The third kappa shape index (κ3) is 4.74. The van der Waals surface area contributed by atoms with E-state index in [4.69, 9.17) is 29.8 Å². The van der Waals surface area contributed by atoms with Gasteiger partial charge in [0.25, 0.3) is 0 Å². The van der Waals surface area contributed by atoms with Crippen LogP contribution in [0.5, 0.6) is 5.75 Å². The van der Waals surface area contributed by atoms with Crippen molar-refractivity contribution < 1.29 is 53.4 Å². The van der Waals surface area contributed by atoms with Gasteiger partial charge in [-0.15, -0.1) is 0 Å². The lowest BCUT2D eigenvalue weighted by atomic mass is 9.52. The summed E-state index contributed by atoms with van der Waals surface area (Å²) < 4.78 is 22.2. The van der Waals surface area contributed by atoms with Gasteiger partial charge in [0.1, 0.15) is 11.5 Å². The quantitative estimate of drug-likeness (QED) is 0.212. The molecule has 2 aliphatic carbocycles. The highest BCUT2D eigenvalue weighted by Gasteiger charge is 2.70. The molecule has 1 aromatic carbocycles. The van der Waals surface area contributed by atoms with E-state index in [1.807, 2.05) is 13.1 Å². The number of benzene rings is 1. The van der Waals surface area contributed by atoms with E-state index >= 15 is 0 Å². The van der Waals surface area contributed by atoms with Gasteiger partial charge >= 0.3 is 23.9 Å². The van der Waals surface area contributed by atoms with Crippen molar-refractivity contribution in [2.24, 2.45) is 5.73 Å². The van der Waals surface area contributed by atoms with Crippen LogP contribution in [0.2, 0.25) is 0 Å². The number of aliphatic hydroxyl groups excluding tert-OH is 1. The molecule has 0 aromatic heterocycles. The minimum atomic E-state index is -1.77. The van der Waals surface area contributed by atoms with Crippen LogP contribution in [0.4, 0.5) is 0 Å². The summed E-state index contributed by atoms with van der Waals surface area (Å²) in [6.07, 6.45) is -1.55. The molecule has 13 heteroatoms. The number of nitrogens with zero attached hydrogens (tertiary/aromatic N) is 1. The van der Waals surface area contributed by atoms with Gasteiger partial charge in [-0.05, 0) is 51.4 Å². The summed E-state index contributed by atoms with van der Waals surface area (Å²) in [7, 11) is 1.98. The Morgan fingerprint density at radius 3 is 2.67 bits per heavy atom. The number of hydrogen-bond acceptors (Lipinski definition) is 12. The Bertz CT molecular complexity index is 1330. The van der Waals surface area contributed by atoms with Crippen LogP contribution in [0, 0.1) is 0 Å². The first-order valence-electron chi connectivity index (χ1n) is 14.1. The predicted octanol–water partition coefficient (Wildman–Crippen LogP) is 0.0569. The number of rotatable bonds is 10. The Hall–Kier alpha value is -3.52. The summed E-state index contributed by atoms with van der Waals surface area (Å²) in [4.78, 5) is 51.3. The summed E-state index contributed by atoms with van der Waals surface area (Å²) in [6, 6.07) is 3.53. The number of carbonyl (C=O) groups excluding carboxylic acids is 3. The lowest BCUT2D eigenvalue weighted by Crippen LogP contribution is -2.69. The molecule has 228 valence electrons. The normalized spacial score (nSPS) is 28.7. The maximum atomic E-state index is 13.2. The number of aliphatic hydroxyl groups is 2. The lowest BCUT2D eigenvalue weighted by Gasteiger charge is -2.56. The molecule has 2 heterocycles. The zero-order valence-electron chi connectivity index (χ0n) is 23.5. The van der Waals surface area contributed by atoms with Crippen molar-refractivity contribution in [3.05, 3.63) is 40.7 Å². The number of hydrogen-bond donors (Lipinski definition) is 4. The second-order valence-corrected chi connectivity index (χ2v) is 11.4. The first kappa shape index (κ1) is 30.0. The van der Waals surface area contributed by atoms with Gasteiger partial charge in [0.05, 0.1) is 30.5 Å². The van der Waals surface area contributed by atoms with Crippen LogP contribution < -0.4 is 10.5 Å². The minimum absolute atomic E-state index is 0.0674. The van der Waals surface area contributed by atoms with Gasteiger partial charge in [-0.2, -0.15) is 0 Å². The van der Waals surface area contributed by atoms with Crippen molar-refractivity contribution in [3.63, 3.8) is 0 Å². The van der Waals surface area contributed by atoms with Gasteiger partial charge in [-0.1, -0.05) is 12.1 Å². The smallest absolute Gasteiger partial charge is 0.348 e. The molecule has 0 amide bonds. The van der Waals surface area contributed by atoms with Gasteiger partial charge in [0.15, 0.2) is 12.2 Å². The van der Waals surface area contributed by atoms with Crippen LogP contribution in [0.15, 0.2) is 24.0 Å². The summed E-state index contributed by atoms with van der Waals surface area (Å²) >= 11 is 0. The van der Waals surface area contributed by atoms with Crippen LogP contribution in [-0.2, 0) is 51.8 Å². The summed E-state index contributed by atoms with van der Waals surface area (Å²) in [5.74, 6) is -3.84. The minimum Gasteiger partial charge on any atom is -0.481 e. The van der Waals surface area contributed by atoms with E-state index in [-0.39, 0.29) is 37.8 Å². The van der Waals surface area contributed by atoms with Gasteiger partial charge < -0.3 is 44.9 Å². The van der Waals surface area contributed by atoms with Gasteiger partial charge in [-0.25, -0.2) is 9.59 Å². The van der Waals surface area contributed by atoms with Crippen molar-refractivity contribution in [1.29, 1.82) is 0 Å². The topological polar surface area (TPSA) is 195 Å². The Morgan fingerprint density at radius 1 is 1.21 bits per heavy atom. The molecular weight excluding hydrogens is 552 g/mol. The van der Waals surface area contributed by atoms with E-state index in [1.54, 1.807) is 12.1 Å². The molecule has 0 saturated carbocycles. The molecule has 1 spiro atoms. The molecule has 6 atom stereocenters.